The molecular weight excluding hydrogens is 375 g/mol. The minimum atomic E-state index is -0.406. The predicted octanol–water partition coefficient (Wildman–Crippen LogP) is 5.00. The number of halogens is 2. The van der Waals surface area contributed by atoms with Gasteiger partial charge in [0.1, 0.15) is 0 Å². The molecule has 1 heterocycles. The van der Waals surface area contributed by atoms with Crippen molar-refractivity contribution in [3.05, 3.63) is 61.9 Å². The lowest BCUT2D eigenvalue weighted by Gasteiger charge is -2.04. The SMILES string of the molecule is C#CCn1c(=NC(=O)c2cc(Cl)cc(Cl)c2)sc2cc(C)cc(C)c21. The first-order valence-corrected chi connectivity index (χ1v) is 9.05. The van der Waals surface area contributed by atoms with E-state index in [0.29, 0.717) is 27.0 Å². The number of amides is 1. The number of carbonyl (C=O) groups is 1. The number of benzene rings is 2. The maximum absolute atomic E-state index is 12.6. The minimum absolute atomic E-state index is 0.340. The van der Waals surface area contributed by atoms with Gasteiger partial charge >= 0.3 is 0 Å². The Bertz CT molecular complexity index is 1080. The van der Waals surface area contributed by atoms with Crippen molar-refractivity contribution in [3.8, 4) is 12.3 Å². The van der Waals surface area contributed by atoms with Crippen molar-refractivity contribution < 1.29 is 4.79 Å². The van der Waals surface area contributed by atoms with Gasteiger partial charge in [-0.3, -0.25) is 4.79 Å². The number of nitrogens with zero attached hydrogens (tertiary/aromatic N) is 2. The average Bonchev–Trinajstić information content (AvgIpc) is 2.84. The van der Waals surface area contributed by atoms with Gasteiger partial charge in [0.05, 0.1) is 16.8 Å². The van der Waals surface area contributed by atoms with Crippen LogP contribution in [0.15, 0.2) is 35.3 Å². The van der Waals surface area contributed by atoms with Crippen molar-refractivity contribution >= 4 is 50.7 Å². The van der Waals surface area contributed by atoms with Gasteiger partial charge in [-0.05, 0) is 49.2 Å². The fourth-order valence-corrected chi connectivity index (χ4v) is 4.47. The third-order valence-corrected chi connectivity index (χ3v) is 5.13. The Labute approximate surface area is 159 Å². The molecule has 1 aromatic heterocycles. The van der Waals surface area contributed by atoms with Gasteiger partial charge in [0.2, 0.25) is 0 Å². The van der Waals surface area contributed by atoms with Crippen LogP contribution in [0.3, 0.4) is 0 Å². The highest BCUT2D eigenvalue weighted by molar-refractivity contribution is 7.16. The van der Waals surface area contributed by atoms with E-state index in [2.05, 4.69) is 23.0 Å². The van der Waals surface area contributed by atoms with Crippen LogP contribution in [0.25, 0.3) is 10.2 Å². The molecule has 0 spiro atoms. The van der Waals surface area contributed by atoms with Crippen LogP contribution in [0.4, 0.5) is 0 Å². The molecule has 0 N–H and O–H groups in total. The van der Waals surface area contributed by atoms with Crippen LogP contribution >= 0.6 is 34.5 Å². The zero-order chi connectivity index (χ0) is 18.1. The van der Waals surface area contributed by atoms with Crippen LogP contribution in [0, 0.1) is 26.2 Å². The Morgan fingerprint density at radius 1 is 1.20 bits per heavy atom. The van der Waals surface area contributed by atoms with Crippen LogP contribution in [0.5, 0.6) is 0 Å². The van der Waals surface area contributed by atoms with Crippen molar-refractivity contribution in [1.29, 1.82) is 0 Å². The first-order valence-electron chi connectivity index (χ1n) is 7.48. The van der Waals surface area contributed by atoms with E-state index < -0.39 is 5.91 Å². The fraction of sp³-hybridized carbons (Fsp3) is 0.158. The molecule has 0 saturated heterocycles. The summed E-state index contributed by atoms with van der Waals surface area (Å²) in [6.45, 7) is 4.40. The number of hydrogen-bond donors (Lipinski definition) is 0. The maximum Gasteiger partial charge on any atom is 0.279 e. The molecule has 0 aliphatic heterocycles. The molecule has 6 heteroatoms. The molecule has 0 fully saturated rings. The van der Waals surface area contributed by atoms with E-state index in [1.807, 2.05) is 18.4 Å². The van der Waals surface area contributed by atoms with E-state index >= 15 is 0 Å². The topological polar surface area (TPSA) is 34.4 Å². The normalized spacial score (nSPS) is 11.7. The van der Waals surface area contributed by atoms with Gasteiger partial charge < -0.3 is 4.57 Å². The third kappa shape index (κ3) is 3.64. The zero-order valence-electron chi connectivity index (χ0n) is 13.6. The van der Waals surface area contributed by atoms with E-state index in [4.69, 9.17) is 29.6 Å². The molecule has 3 nitrogen and oxygen atoms in total. The second-order valence-corrected chi connectivity index (χ2v) is 7.56. The summed E-state index contributed by atoms with van der Waals surface area (Å²) >= 11 is 13.4. The summed E-state index contributed by atoms with van der Waals surface area (Å²) in [6.07, 6.45) is 5.51. The Morgan fingerprint density at radius 3 is 2.52 bits per heavy atom. The number of fused-ring (bicyclic) bond motifs is 1. The first kappa shape index (κ1) is 17.8. The lowest BCUT2D eigenvalue weighted by molar-refractivity contribution is 0.0998. The largest absolute Gasteiger partial charge is 0.304 e. The van der Waals surface area contributed by atoms with Crippen LogP contribution in [0.2, 0.25) is 10.0 Å². The molecule has 2 aromatic carbocycles. The van der Waals surface area contributed by atoms with Crippen molar-refractivity contribution in [2.75, 3.05) is 0 Å². The smallest absolute Gasteiger partial charge is 0.279 e. The van der Waals surface area contributed by atoms with Crippen molar-refractivity contribution in [2.24, 2.45) is 4.99 Å². The van der Waals surface area contributed by atoms with Crippen LogP contribution in [-0.2, 0) is 6.54 Å². The first-order chi connectivity index (χ1) is 11.9. The van der Waals surface area contributed by atoms with E-state index in [0.717, 1.165) is 21.3 Å². The molecule has 0 aliphatic rings. The Kier molecular flexibility index (Phi) is 5.01. The van der Waals surface area contributed by atoms with Gasteiger partial charge in [-0.25, -0.2) is 0 Å². The van der Waals surface area contributed by atoms with Crippen molar-refractivity contribution in [2.45, 2.75) is 20.4 Å². The van der Waals surface area contributed by atoms with E-state index in [-0.39, 0.29) is 0 Å². The molecule has 1 amide bonds. The highest BCUT2D eigenvalue weighted by Gasteiger charge is 2.12. The number of carbonyl (C=O) groups excluding carboxylic acids is 1. The van der Waals surface area contributed by atoms with Gasteiger partial charge in [0.25, 0.3) is 5.91 Å². The Balaban J connectivity index is 2.22. The van der Waals surface area contributed by atoms with Crippen LogP contribution < -0.4 is 4.80 Å². The summed E-state index contributed by atoms with van der Waals surface area (Å²) in [7, 11) is 0. The summed E-state index contributed by atoms with van der Waals surface area (Å²) in [4.78, 5) is 17.4. The number of rotatable bonds is 2. The molecule has 3 rings (SSSR count). The maximum atomic E-state index is 12.6. The predicted molar refractivity (Wildman–Crippen MR) is 104 cm³/mol. The number of aromatic nitrogens is 1. The number of hydrogen-bond acceptors (Lipinski definition) is 2. The molecule has 0 unspecified atom stereocenters. The third-order valence-electron chi connectivity index (χ3n) is 3.67. The monoisotopic (exact) mass is 388 g/mol. The van der Waals surface area contributed by atoms with E-state index in [1.165, 1.54) is 11.3 Å². The molecule has 0 bridgehead atoms. The molecule has 0 aliphatic carbocycles. The molecular formula is C19H14Cl2N2OS. The van der Waals surface area contributed by atoms with E-state index in [1.54, 1.807) is 18.2 Å². The molecule has 25 heavy (non-hydrogen) atoms. The number of terminal acetylenes is 1. The summed E-state index contributed by atoms with van der Waals surface area (Å²) in [6, 6.07) is 8.83. The van der Waals surface area contributed by atoms with Crippen molar-refractivity contribution in [1.82, 2.24) is 4.57 Å². The average molecular weight is 389 g/mol. The summed E-state index contributed by atoms with van der Waals surface area (Å²) < 4.78 is 2.93. The number of aryl methyl sites for hydroxylation is 2. The van der Waals surface area contributed by atoms with Gasteiger partial charge in [0.15, 0.2) is 4.80 Å². The van der Waals surface area contributed by atoms with Gasteiger partial charge in [-0.2, -0.15) is 4.99 Å². The lowest BCUT2D eigenvalue weighted by atomic mass is 10.1. The zero-order valence-corrected chi connectivity index (χ0v) is 16.0. The lowest BCUT2D eigenvalue weighted by Crippen LogP contribution is -2.17. The molecule has 0 atom stereocenters. The van der Waals surface area contributed by atoms with Crippen LogP contribution in [0.1, 0.15) is 21.5 Å². The Morgan fingerprint density at radius 2 is 1.88 bits per heavy atom. The minimum Gasteiger partial charge on any atom is -0.304 e. The van der Waals surface area contributed by atoms with E-state index in [9.17, 15) is 4.79 Å². The standard InChI is InChI=1S/C19H14Cl2N2OS/c1-4-5-23-17-12(3)6-11(2)7-16(17)25-19(23)22-18(24)13-8-14(20)10-15(21)9-13/h1,6-10H,5H2,2-3H3. The number of thiazole rings is 1. The molecule has 126 valence electrons. The highest BCUT2D eigenvalue weighted by atomic mass is 35.5. The highest BCUT2D eigenvalue weighted by Crippen LogP contribution is 2.24. The summed E-state index contributed by atoms with van der Waals surface area (Å²) in [5, 5.41) is 0.788. The second-order valence-electron chi connectivity index (χ2n) is 5.68. The van der Waals surface area contributed by atoms with Gasteiger partial charge in [0, 0.05) is 15.6 Å². The van der Waals surface area contributed by atoms with Gasteiger partial charge in [-0.15, -0.1) is 6.42 Å². The Hall–Kier alpha value is -2.06. The molecule has 0 saturated carbocycles. The van der Waals surface area contributed by atoms with Crippen LogP contribution in [-0.4, -0.2) is 10.5 Å². The molecule has 0 radical (unpaired) electrons. The molecule has 3 aromatic rings. The van der Waals surface area contributed by atoms with Crippen molar-refractivity contribution in [3.63, 3.8) is 0 Å². The summed E-state index contributed by atoms with van der Waals surface area (Å²) in [5.74, 6) is 2.23. The second kappa shape index (κ2) is 7.05. The fourth-order valence-electron chi connectivity index (χ4n) is 2.74. The van der Waals surface area contributed by atoms with Gasteiger partial charge in [-0.1, -0.05) is 46.5 Å². The quantitative estimate of drug-likeness (QED) is 0.568. The summed E-state index contributed by atoms with van der Waals surface area (Å²) in [5.41, 5.74) is 3.60.